The predicted molar refractivity (Wildman–Crippen MR) is 58.3 cm³/mol. The smallest absolute Gasteiger partial charge is 0.307 e. The van der Waals surface area contributed by atoms with Crippen LogP contribution in [-0.4, -0.2) is 24.3 Å². The van der Waals surface area contributed by atoms with Crippen molar-refractivity contribution in [2.45, 2.75) is 19.5 Å². The SMILES string of the molecule is CC(F)c1cc2c(cc1CC(=O)O)OCCO2. The number of rotatable bonds is 3. The van der Waals surface area contributed by atoms with Crippen LogP contribution in [0.4, 0.5) is 4.39 Å². The van der Waals surface area contributed by atoms with E-state index >= 15 is 0 Å². The highest BCUT2D eigenvalue weighted by atomic mass is 19.1. The Bertz CT molecular complexity index is 442. The zero-order valence-electron chi connectivity index (χ0n) is 9.40. The Morgan fingerprint density at radius 1 is 1.41 bits per heavy atom. The molecular weight excluding hydrogens is 227 g/mol. The second kappa shape index (κ2) is 4.61. The molecule has 1 heterocycles. The van der Waals surface area contributed by atoms with E-state index in [4.69, 9.17) is 14.6 Å². The summed E-state index contributed by atoms with van der Waals surface area (Å²) in [5.74, 6) is -0.0367. The van der Waals surface area contributed by atoms with E-state index in [0.29, 0.717) is 35.8 Å². The number of carboxylic acids is 1. The monoisotopic (exact) mass is 240 g/mol. The molecule has 1 atom stereocenters. The van der Waals surface area contributed by atoms with Gasteiger partial charge >= 0.3 is 5.97 Å². The number of ether oxygens (including phenoxy) is 2. The van der Waals surface area contributed by atoms with Crippen LogP contribution in [0.1, 0.15) is 24.2 Å². The van der Waals surface area contributed by atoms with E-state index in [1.54, 1.807) is 6.07 Å². The molecule has 0 fully saturated rings. The Morgan fingerprint density at radius 3 is 2.53 bits per heavy atom. The van der Waals surface area contributed by atoms with E-state index in [2.05, 4.69) is 0 Å². The lowest BCUT2D eigenvalue weighted by atomic mass is 10.00. The molecule has 5 heteroatoms. The first kappa shape index (κ1) is 11.7. The van der Waals surface area contributed by atoms with Crippen LogP contribution in [0.3, 0.4) is 0 Å². The molecule has 0 aromatic heterocycles. The highest BCUT2D eigenvalue weighted by Gasteiger charge is 2.19. The van der Waals surface area contributed by atoms with E-state index in [0.717, 1.165) is 0 Å². The van der Waals surface area contributed by atoms with Gasteiger partial charge in [0.1, 0.15) is 19.4 Å². The van der Waals surface area contributed by atoms with Gasteiger partial charge < -0.3 is 14.6 Å². The Hall–Kier alpha value is -1.78. The molecule has 1 aliphatic rings. The van der Waals surface area contributed by atoms with E-state index in [1.165, 1.54) is 13.0 Å². The van der Waals surface area contributed by atoms with Crippen LogP contribution in [0.2, 0.25) is 0 Å². The lowest BCUT2D eigenvalue weighted by molar-refractivity contribution is -0.136. The second-order valence-corrected chi connectivity index (χ2v) is 3.88. The minimum Gasteiger partial charge on any atom is -0.486 e. The molecule has 0 saturated heterocycles. The average molecular weight is 240 g/mol. The van der Waals surface area contributed by atoms with E-state index in [1.807, 2.05) is 0 Å². The Kier molecular flexibility index (Phi) is 3.17. The molecule has 17 heavy (non-hydrogen) atoms. The van der Waals surface area contributed by atoms with Gasteiger partial charge in [0.2, 0.25) is 0 Å². The van der Waals surface area contributed by atoms with Crippen LogP contribution in [-0.2, 0) is 11.2 Å². The summed E-state index contributed by atoms with van der Waals surface area (Å²) in [4.78, 5) is 10.7. The average Bonchev–Trinajstić information content (AvgIpc) is 2.27. The molecule has 0 radical (unpaired) electrons. The van der Waals surface area contributed by atoms with Crippen LogP contribution < -0.4 is 9.47 Å². The summed E-state index contributed by atoms with van der Waals surface area (Å²) in [5, 5.41) is 8.78. The van der Waals surface area contributed by atoms with Crippen molar-refractivity contribution in [3.8, 4) is 11.5 Å². The minimum absolute atomic E-state index is 0.222. The van der Waals surface area contributed by atoms with Crippen molar-refractivity contribution in [1.29, 1.82) is 0 Å². The van der Waals surface area contributed by atoms with Gasteiger partial charge in [-0.2, -0.15) is 0 Å². The largest absolute Gasteiger partial charge is 0.486 e. The Morgan fingerprint density at radius 2 is 2.00 bits per heavy atom. The van der Waals surface area contributed by atoms with Crippen molar-refractivity contribution in [2.24, 2.45) is 0 Å². The number of hydrogen-bond acceptors (Lipinski definition) is 3. The summed E-state index contributed by atoms with van der Waals surface area (Å²) >= 11 is 0. The standard InChI is InChI=1S/C12H13FO4/c1-7(13)9-6-11-10(16-2-3-17-11)4-8(9)5-12(14)15/h4,6-7H,2-3,5H2,1H3,(H,14,15). The number of halogens is 1. The molecule has 1 N–H and O–H groups in total. The quantitative estimate of drug-likeness (QED) is 0.879. The number of alkyl halides is 1. The molecule has 4 nitrogen and oxygen atoms in total. The highest BCUT2D eigenvalue weighted by Crippen LogP contribution is 2.36. The Labute approximate surface area is 98.0 Å². The first-order valence-electron chi connectivity index (χ1n) is 5.36. The third-order valence-corrected chi connectivity index (χ3v) is 2.57. The van der Waals surface area contributed by atoms with Gasteiger partial charge in [0, 0.05) is 0 Å². The molecule has 1 aromatic carbocycles. The lowest BCUT2D eigenvalue weighted by Gasteiger charge is -2.21. The fourth-order valence-electron chi connectivity index (χ4n) is 1.83. The van der Waals surface area contributed by atoms with Crippen LogP contribution in [0.5, 0.6) is 11.5 Å². The number of fused-ring (bicyclic) bond motifs is 1. The van der Waals surface area contributed by atoms with E-state index in [-0.39, 0.29) is 6.42 Å². The van der Waals surface area contributed by atoms with E-state index in [9.17, 15) is 9.18 Å². The maximum Gasteiger partial charge on any atom is 0.307 e. The predicted octanol–water partition coefficient (Wildman–Crippen LogP) is 2.12. The Balaban J connectivity index is 2.44. The van der Waals surface area contributed by atoms with Crippen LogP contribution in [0.15, 0.2) is 12.1 Å². The van der Waals surface area contributed by atoms with Gasteiger partial charge in [-0.1, -0.05) is 0 Å². The maximum absolute atomic E-state index is 13.4. The summed E-state index contributed by atoms with van der Waals surface area (Å²) < 4.78 is 24.1. The minimum atomic E-state index is -1.24. The molecule has 0 aliphatic carbocycles. The number of aliphatic carboxylic acids is 1. The molecule has 92 valence electrons. The van der Waals surface area contributed by atoms with Gasteiger partial charge in [0.05, 0.1) is 6.42 Å². The van der Waals surface area contributed by atoms with Crippen LogP contribution in [0, 0.1) is 0 Å². The summed E-state index contributed by atoms with van der Waals surface area (Å²) in [6.07, 6.45) is -1.46. The fraction of sp³-hybridized carbons (Fsp3) is 0.417. The highest BCUT2D eigenvalue weighted by molar-refractivity contribution is 5.71. The molecular formula is C12H13FO4. The molecule has 0 saturated carbocycles. The maximum atomic E-state index is 13.4. The second-order valence-electron chi connectivity index (χ2n) is 3.88. The van der Waals surface area contributed by atoms with Crippen molar-refractivity contribution in [3.63, 3.8) is 0 Å². The first-order chi connectivity index (χ1) is 8.08. The summed E-state index contributed by atoms with van der Waals surface area (Å²) in [7, 11) is 0. The third kappa shape index (κ3) is 2.49. The molecule has 1 aromatic rings. The number of hydrogen-bond donors (Lipinski definition) is 1. The van der Waals surface area contributed by atoms with Crippen molar-refractivity contribution < 1.29 is 23.8 Å². The third-order valence-electron chi connectivity index (χ3n) is 2.57. The summed E-state index contributed by atoms with van der Waals surface area (Å²) in [5.41, 5.74) is 0.772. The van der Waals surface area contributed by atoms with Crippen LogP contribution in [0.25, 0.3) is 0 Å². The van der Waals surface area contributed by atoms with Crippen molar-refractivity contribution in [1.82, 2.24) is 0 Å². The molecule has 2 rings (SSSR count). The molecule has 0 spiro atoms. The fourth-order valence-corrected chi connectivity index (χ4v) is 1.83. The van der Waals surface area contributed by atoms with Gasteiger partial charge in [-0.05, 0) is 30.2 Å². The van der Waals surface area contributed by atoms with Gasteiger partial charge in [-0.15, -0.1) is 0 Å². The summed E-state index contributed by atoms with van der Waals surface area (Å²) in [6.45, 7) is 2.21. The van der Waals surface area contributed by atoms with E-state index < -0.39 is 12.1 Å². The molecule has 0 bridgehead atoms. The number of carbonyl (C=O) groups is 1. The molecule has 1 unspecified atom stereocenters. The number of carboxylic acid groups (broad SMARTS) is 1. The topological polar surface area (TPSA) is 55.8 Å². The first-order valence-corrected chi connectivity index (χ1v) is 5.36. The van der Waals surface area contributed by atoms with Gasteiger partial charge in [0.25, 0.3) is 0 Å². The van der Waals surface area contributed by atoms with Crippen molar-refractivity contribution >= 4 is 5.97 Å². The number of benzene rings is 1. The molecule has 0 amide bonds. The lowest BCUT2D eigenvalue weighted by Crippen LogP contribution is -2.16. The van der Waals surface area contributed by atoms with Gasteiger partial charge in [-0.3, -0.25) is 4.79 Å². The zero-order valence-corrected chi connectivity index (χ0v) is 9.40. The molecule has 1 aliphatic heterocycles. The van der Waals surface area contributed by atoms with Gasteiger partial charge in [0.15, 0.2) is 11.5 Å². The summed E-state index contributed by atoms with van der Waals surface area (Å²) in [6, 6.07) is 3.07. The zero-order chi connectivity index (χ0) is 12.4. The van der Waals surface area contributed by atoms with Crippen molar-refractivity contribution in [3.05, 3.63) is 23.3 Å². The van der Waals surface area contributed by atoms with Gasteiger partial charge in [-0.25, -0.2) is 4.39 Å². The van der Waals surface area contributed by atoms with Crippen LogP contribution >= 0.6 is 0 Å². The van der Waals surface area contributed by atoms with Crippen molar-refractivity contribution in [2.75, 3.05) is 13.2 Å². The normalized spacial score (nSPS) is 15.4.